The van der Waals surface area contributed by atoms with Crippen LogP contribution in [0.25, 0.3) is 0 Å². The van der Waals surface area contributed by atoms with E-state index in [-0.39, 0.29) is 11.3 Å². The van der Waals surface area contributed by atoms with Crippen molar-refractivity contribution in [1.29, 1.82) is 0 Å². The van der Waals surface area contributed by atoms with Crippen LogP contribution < -0.4 is 5.32 Å². The maximum absolute atomic E-state index is 13.2. The van der Waals surface area contributed by atoms with Gasteiger partial charge < -0.3 is 10.4 Å². The normalized spacial score (nSPS) is 10.1. The number of benzene rings is 1. The van der Waals surface area contributed by atoms with Crippen molar-refractivity contribution in [2.45, 2.75) is 6.92 Å². The van der Waals surface area contributed by atoms with Crippen molar-refractivity contribution >= 4 is 17.6 Å². The Labute approximate surface area is 114 Å². The zero-order valence-electron chi connectivity index (χ0n) is 10.6. The van der Waals surface area contributed by atoms with E-state index < -0.39 is 17.7 Å². The number of carbonyl (C=O) groups is 2. The summed E-state index contributed by atoms with van der Waals surface area (Å²) in [6, 6.07) is 6.73. The first-order chi connectivity index (χ1) is 9.45. The Bertz CT molecular complexity index is 648. The lowest BCUT2D eigenvalue weighted by Gasteiger charge is -2.06. The fraction of sp³-hybridized carbons (Fsp3) is 0.0714. The molecule has 0 unspecified atom stereocenters. The first-order valence-electron chi connectivity index (χ1n) is 5.73. The standard InChI is InChI=1S/C14H11FN2O3/c1-8-4-10(15)6-11(5-8)17-13(18)12-3-2-9(7-16-12)14(19)20/h2-7H,1H3,(H,17,18)(H,19,20). The lowest BCUT2D eigenvalue weighted by atomic mass is 10.2. The van der Waals surface area contributed by atoms with Gasteiger partial charge in [0.2, 0.25) is 0 Å². The SMILES string of the molecule is Cc1cc(F)cc(NC(=O)c2ccc(C(=O)O)cn2)c1. The molecule has 0 saturated heterocycles. The van der Waals surface area contributed by atoms with Crippen LogP contribution in [0.15, 0.2) is 36.5 Å². The highest BCUT2D eigenvalue weighted by molar-refractivity contribution is 6.03. The van der Waals surface area contributed by atoms with Gasteiger partial charge in [0.05, 0.1) is 5.56 Å². The molecule has 0 aliphatic rings. The fourth-order valence-electron chi connectivity index (χ4n) is 1.66. The summed E-state index contributed by atoms with van der Waals surface area (Å²) >= 11 is 0. The third-order valence-corrected chi connectivity index (χ3v) is 2.54. The second-order valence-corrected chi connectivity index (χ2v) is 4.21. The van der Waals surface area contributed by atoms with Crippen molar-refractivity contribution in [2.24, 2.45) is 0 Å². The van der Waals surface area contributed by atoms with Crippen LogP contribution in [0.1, 0.15) is 26.4 Å². The van der Waals surface area contributed by atoms with Gasteiger partial charge in [0.15, 0.2) is 0 Å². The number of amides is 1. The molecule has 0 saturated carbocycles. The van der Waals surface area contributed by atoms with E-state index >= 15 is 0 Å². The molecule has 0 bridgehead atoms. The molecule has 0 radical (unpaired) electrons. The second kappa shape index (κ2) is 5.48. The van der Waals surface area contributed by atoms with Gasteiger partial charge in [-0.15, -0.1) is 0 Å². The zero-order valence-corrected chi connectivity index (χ0v) is 10.6. The molecule has 1 aromatic carbocycles. The van der Waals surface area contributed by atoms with Crippen molar-refractivity contribution in [3.63, 3.8) is 0 Å². The number of nitrogens with one attached hydrogen (secondary N) is 1. The third kappa shape index (κ3) is 3.17. The third-order valence-electron chi connectivity index (χ3n) is 2.54. The topological polar surface area (TPSA) is 79.3 Å². The van der Waals surface area contributed by atoms with E-state index in [1.165, 1.54) is 24.3 Å². The van der Waals surface area contributed by atoms with Crippen LogP contribution in [0.4, 0.5) is 10.1 Å². The van der Waals surface area contributed by atoms with Crippen LogP contribution in [0.5, 0.6) is 0 Å². The first-order valence-corrected chi connectivity index (χ1v) is 5.73. The number of nitrogens with zero attached hydrogens (tertiary/aromatic N) is 1. The molecule has 1 aromatic heterocycles. The summed E-state index contributed by atoms with van der Waals surface area (Å²) in [5, 5.41) is 11.2. The van der Waals surface area contributed by atoms with E-state index in [0.717, 1.165) is 6.20 Å². The second-order valence-electron chi connectivity index (χ2n) is 4.21. The van der Waals surface area contributed by atoms with Gasteiger partial charge in [-0.1, -0.05) is 0 Å². The maximum Gasteiger partial charge on any atom is 0.337 e. The van der Waals surface area contributed by atoms with Crippen molar-refractivity contribution in [2.75, 3.05) is 5.32 Å². The minimum Gasteiger partial charge on any atom is -0.478 e. The Balaban J connectivity index is 2.17. The molecular formula is C14H11FN2O3. The van der Waals surface area contributed by atoms with Crippen LogP contribution in [0, 0.1) is 12.7 Å². The summed E-state index contributed by atoms with van der Waals surface area (Å²) < 4.78 is 13.2. The summed E-state index contributed by atoms with van der Waals surface area (Å²) in [5.74, 6) is -2.10. The molecule has 0 aliphatic carbocycles. The highest BCUT2D eigenvalue weighted by atomic mass is 19.1. The molecule has 20 heavy (non-hydrogen) atoms. The summed E-state index contributed by atoms with van der Waals surface area (Å²) in [4.78, 5) is 26.3. The van der Waals surface area contributed by atoms with Crippen LogP contribution in [0.2, 0.25) is 0 Å². The number of halogens is 1. The average molecular weight is 274 g/mol. The van der Waals surface area contributed by atoms with E-state index in [9.17, 15) is 14.0 Å². The molecule has 102 valence electrons. The molecule has 1 amide bonds. The van der Waals surface area contributed by atoms with E-state index in [1.807, 2.05) is 0 Å². The van der Waals surface area contributed by atoms with E-state index in [2.05, 4.69) is 10.3 Å². The number of hydrogen-bond acceptors (Lipinski definition) is 3. The number of rotatable bonds is 3. The summed E-state index contributed by atoms with van der Waals surface area (Å²) in [6.45, 7) is 1.71. The number of pyridine rings is 1. The Morgan fingerprint density at radius 1 is 1.25 bits per heavy atom. The van der Waals surface area contributed by atoms with Crippen LogP contribution in [0.3, 0.4) is 0 Å². The van der Waals surface area contributed by atoms with Gasteiger partial charge in [0.1, 0.15) is 11.5 Å². The molecule has 0 aliphatic heterocycles. The summed E-state index contributed by atoms with van der Waals surface area (Å²) in [5.41, 5.74) is 1.03. The van der Waals surface area contributed by atoms with Crippen molar-refractivity contribution < 1.29 is 19.1 Å². The van der Waals surface area contributed by atoms with Gasteiger partial charge >= 0.3 is 5.97 Å². The Hall–Kier alpha value is -2.76. The molecule has 2 N–H and O–H groups in total. The number of aromatic nitrogens is 1. The van der Waals surface area contributed by atoms with E-state index in [0.29, 0.717) is 11.3 Å². The molecule has 0 fully saturated rings. The Morgan fingerprint density at radius 3 is 2.55 bits per heavy atom. The van der Waals surface area contributed by atoms with Crippen LogP contribution in [-0.2, 0) is 0 Å². The van der Waals surface area contributed by atoms with E-state index in [1.54, 1.807) is 13.0 Å². The lowest BCUT2D eigenvalue weighted by molar-refractivity contribution is 0.0696. The minimum atomic E-state index is -1.12. The molecule has 6 heteroatoms. The largest absolute Gasteiger partial charge is 0.478 e. The number of hydrogen-bond donors (Lipinski definition) is 2. The minimum absolute atomic E-state index is 0.0110. The molecule has 0 spiro atoms. The first kappa shape index (κ1) is 13.7. The van der Waals surface area contributed by atoms with Gasteiger partial charge in [-0.25, -0.2) is 9.18 Å². The Kier molecular flexibility index (Phi) is 3.74. The number of anilines is 1. The molecule has 1 heterocycles. The predicted molar refractivity (Wildman–Crippen MR) is 70.3 cm³/mol. The maximum atomic E-state index is 13.2. The monoisotopic (exact) mass is 274 g/mol. The molecule has 2 rings (SSSR count). The predicted octanol–water partition coefficient (Wildman–Crippen LogP) is 2.48. The van der Waals surface area contributed by atoms with Crippen molar-refractivity contribution in [3.8, 4) is 0 Å². The van der Waals surface area contributed by atoms with E-state index in [4.69, 9.17) is 5.11 Å². The fourth-order valence-corrected chi connectivity index (χ4v) is 1.66. The van der Waals surface area contributed by atoms with Gasteiger partial charge in [0, 0.05) is 11.9 Å². The number of carboxylic acid groups (broad SMARTS) is 1. The molecule has 2 aromatic rings. The van der Waals surface area contributed by atoms with Gasteiger partial charge in [-0.3, -0.25) is 9.78 Å². The molecule has 5 nitrogen and oxygen atoms in total. The highest BCUT2D eigenvalue weighted by Crippen LogP contribution is 2.14. The Morgan fingerprint density at radius 2 is 2.00 bits per heavy atom. The molecule has 0 atom stereocenters. The number of carboxylic acids is 1. The highest BCUT2D eigenvalue weighted by Gasteiger charge is 2.10. The summed E-state index contributed by atoms with van der Waals surface area (Å²) in [7, 11) is 0. The average Bonchev–Trinajstić information content (AvgIpc) is 2.37. The van der Waals surface area contributed by atoms with Gasteiger partial charge in [0.25, 0.3) is 5.91 Å². The lowest BCUT2D eigenvalue weighted by Crippen LogP contribution is -2.14. The number of aryl methyl sites for hydroxylation is 1. The smallest absolute Gasteiger partial charge is 0.337 e. The van der Waals surface area contributed by atoms with Gasteiger partial charge in [-0.2, -0.15) is 0 Å². The van der Waals surface area contributed by atoms with Crippen LogP contribution in [-0.4, -0.2) is 22.0 Å². The zero-order chi connectivity index (χ0) is 14.7. The molecular weight excluding hydrogens is 263 g/mol. The number of aromatic carboxylic acids is 1. The summed E-state index contributed by atoms with van der Waals surface area (Å²) in [6.07, 6.45) is 1.09. The van der Waals surface area contributed by atoms with Crippen molar-refractivity contribution in [3.05, 3.63) is 59.2 Å². The van der Waals surface area contributed by atoms with Gasteiger partial charge in [-0.05, 0) is 42.8 Å². The van der Waals surface area contributed by atoms with Crippen LogP contribution >= 0.6 is 0 Å². The number of carbonyl (C=O) groups excluding carboxylic acids is 1. The van der Waals surface area contributed by atoms with Crippen molar-refractivity contribution in [1.82, 2.24) is 4.98 Å². The quantitative estimate of drug-likeness (QED) is 0.901.